The Morgan fingerprint density at radius 2 is 2.15 bits per heavy atom. The van der Waals surface area contributed by atoms with E-state index in [1.54, 1.807) is 13.2 Å². The minimum Gasteiger partial charge on any atom is -0.385 e. The van der Waals surface area contributed by atoms with E-state index < -0.39 is 0 Å². The standard InChI is InChI=1S/C14H19BrFN3O/c1-14(2,4-5-20-3)8-19-12-7-10(16)9(15)6-11(12)18-13(19)17/h6-7H,4-5,8H2,1-3H3,(H2,17,18). The van der Waals surface area contributed by atoms with Gasteiger partial charge in [0.05, 0.1) is 15.5 Å². The number of nitrogen functional groups attached to an aromatic ring is 1. The molecule has 110 valence electrons. The summed E-state index contributed by atoms with van der Waals surface area (Å²) in [6, 6.07) is 3.12. The van der Waals surface area contributed by atoms with Gasteiger partial charge in [0.2, 0.25) is 5.95 Å². The van der Waals surface area contributed by atoms with Crippen LogP contribution in [0.4, 0.5) is 10.3 Å². The highest BCUT2D eigenvalue weighted by Crippen LogP contribution is 2.30. The summed E-state index contributed by atoms with van der Waals surface area (Å²) in [5.41, 5.74) is 7.37. The van der Waals surface area contributed by atoms with Crippen molar-refractivity contribution >= 4 is 32.9 Å². The van der Waals surface area contributed by atoms with Crippen LogP contribution < -0.4 is 5.73 Å². The number of nitrogens with two attached hydrogens (primary N) is 1. The monoisotopic (exact) mass is 343 g/mol. The zero-order valence-corrected chi connectivity index (χ0v) is 13.5. The fourth-order valence-electron chi connectivity index (χ4n) is 2.19. The topological polar surface area (TPSA) is 53.1 Å². The molecule has 4 nitrogen and oxygen atoms in total. The van der Waals surface area contributed by atoms with Gasteiger partial charge in [-0.3, -0.25) is 0 Å². The second-order valence-electron chi connectivity index (χ2n) is 5.72. The molecular formula is C14H19BrFN3O. The van der Waals surface area contributed by atoms with Crippen molar-refractivity contribution in [2.24, 2.45) is 5.41 Å². The lowest BCUT2D eigenvalue weighted by molar-refractivity contribution is 0.143. The van der Waals surface area contributed by atoms with Crippen molar-refractivity contribution in [3.05, 3.63) is 22.4 Å². The first-order valence-electron chi connectivity index (χ1n) is 6.44. The summed E-state index contributed by atoms with van der Waals surface area (Å²) in [5.74, 6) is 0.0938. The molecule has 1 heterocycles. The number of hydrogen-bond acceptors (Lipinski definition) is 3. The fourth-order valence-corrected chi connectivity index (χ4v) is 2.52. The number of halogens is 2. The fraction of sp³-hybridized carbons (Fsp3) is 0.500. The molecule has 6 heteroatoms. The van der Waals surface area contributed by atoms with E-state index in [1.807, 2.05) is 4.57 Å². The molecule has 0 saturated carbocycles. The van der Waals surface area contributed by atoms with Crippen molar-refractivity contribution in [2.75, 3.05) is 19.5 Å². The molecule has 0 atom stereocenters. The Morgan fingerprint density at radius 1 is 1.45 bits per heavy atom. The molecule has 1 aromatic heterocycles. The molecule has 2 rings (SSSR count). The first kappa shape index (κ1) is 15.3. The number of fused-ring (bicyclic) bond motifs is 1. The Balaban J connectivity index is 2.39. The van der Waals surface area contributed by atoms with E-state index in [2.05, 4.69) is 34.8 Å². The number of hydrogen-bond donors (Lipinski definition) is 1. The Labute approximate surface area is 126 Å². The van der Waals surface area contributed by atoms with Crippen LogP contribution in [0.15, 0.2) is 16.6 Å². The molecule has 20 heavy (non-hydrogen) atoms. The van der Waals surface area contributed by atoms with Gasteiger partial charge in [-0.25, -0.2) is 9.37 Å². The Hall–Kier alpha value is -1.14. The van der Waals surface area contributed by atoms with Crippen LogP contribution in [0.5, 0.6) is 0 Å². The maximum absolute atomic E-state index is 13.7. The van der Waals surface area contributed by atoms with Gasteiger partial charge in [-0.05, 0) is 33.8 Å². The maximum Gasteiger partial charge on any atom is 0.201 e. The third-order valence-corrected chi connectivity index (χ3v) is 4.00. The average Bonchev–Trinajstić information content (AvgIpc) is 2.64. The third-order valence-electron chi connectivity index (χ3n) is 3.39. The van der Waals surface area contributed by atoms with Gasteiger partial charge in [0, 0.05) is 26.3 Å². The van der Waals surface area contributed by atoms with Crippen molar-refractivity contribution in [3.63, 3.8) is 0 Å². The van der Waals surface area contributed by atoms with Crippen molar-refractivity contribution in [1.82, 2.24) is 9.55 Å². The Bertz CT molecular complexity index is 624. The quantitative estimate of drug-likeness (QED) is 0.902. The molecular weight excluding hydrogens is 325 g/mol. The summed E-state index contributed by atoms with van der Waals surface area (Å²) in [6.07, 6.45) is 0.890. The predicted molar refractivity (Wildman–Crippen MR) is 82.1 cm³/mol. The van der Waals surface area contributed by atoms with Gasteiger partial charge in [-0.2, -0.15) is 0 Å². The highest BCUT2D eigenvalue weighted by molar-refractivity contribution is 9.10. The number of imidazole rings is 1. The number of aromatic nitrogens is 2. The maximum atomic E-state index is 13.7. The van der Waals surface area contributed by atoms with Crippen molar-refractivity contribution in [1.29, 1.82) is 0 Å². The van der Waals surface area contributed by atoms with E-state index in [0.717, 1.165) is 6.42 Å². The van der Waals surface area contributed by atoms with Gasteiger partial charge in [0.25, 0.3) is 0 Å². The molecule has 0 bridgehead atoms. The lowest BCUT2D eigenvalue weighted by atomic mass is 9.89. The van der Waals surface area contributed by atoms with E-state index in [1.165, 1.54) is 6.07 Å². The molecule has 0 aliphatic carbocycles. The summed E-state index contributed by atoms with van der Waals surface area (Å²) in [7, 11) is 1.68. The van der Waals surface area contributed by atoms with Crippen LogP contribution in [0.2, 0.25) is 0 Å². The second-order valence-corrected chi connectivity index (χ2v) is 6.57. The summed E-state index contributed by atoms with van der Waals surface area (Å²) in [6.45, 7) is 5.61. The number of methoxy groups -OCH3 is 1. The molecule has 0 aliphatic rings. The van der Waals surface area contributed by atoms with Crippen molar-refractivity contribution in [2.45, 2.75) is 26.8 Å². The Morgan fingerprint density at radius 3 is 2.80 bits per heavy atom. The van der Waals surface area contributed by atoms with Crippen molar-refractivity contribution in [3.8, 4) is 0 Å². The van der Waals surface area contributed by atoms with Gasteiger partial charge >= 0.3 is 0 Å². The SMILES string of the molecule is COCCC(C)(C)Cn1c(N)nc2cc(Br)c(F)cc21. The summed E-state index contributed by atoms with van der Waals surface area (Å²) in [4.78, 5) is 4.29. The first-order valence-corrected chi connectivity index (χ1v) is 7.23. The van der Waals surface area contributed by atoms with Crippen LogP contribution in [0.25, 0.3) is 11.0 Å². The molecule has 0 aliphatic heterocycles. The van der Waals surface area contributed by atoms with Gasteiger partial charge in [0.15, 0.2) is 0 Å². The zero-order valence-electron chi connectivity index (χ0n) is 11.9. The van der Waals surface area contributed by atoms with Crippen LogP contribution in [0.3, 0.4) is 0 Å². The van der Waals surface area contributed by atoms with E-state index in [-0.39, 0.29) is 11.2 Å². The van der Waals surface area contributed by atoms with Crippen molar-refractivity contribution < 1.29 is 9.13 Å². The van der Waals surface area contributed by atoms with Crippen LogP contribution in [0, 0.1) is 11.2 Å². The number of benzene rings is 1. The van der Waals surface area contributed by atoms with Crippen LogP contribution in [-0.2, 0) is 11.3 Å². The molecule has 0 fully saturated rings. The van der Waals surface area contributed by atoms with Gasteiger partial charge in [-0.1, -0.05) is 13.8 Å². The molecule has 2 aromatic rings. The van der Waals surface area contributed by atoms with Gasteiger partial charge in [-0.15, -0.1) is 0 Å². The lowest BCUT2D eigenvalue weighted by Crippen LogP contribution is -2.22. The van der Waals surface area contributed by atoms with E-state index in [9.17, 15) is 4.39 Å². The molecule has 0 radical (unpaired) electrons. The largest absolute Gasteiger partial charge is 0.385 e. The van der Waals surface area contributed by atoms with E-state index in [4.69, 9.17) is 10.5 Å². The lowest BCUT2D eigenvalue weighted by Gasteiger charge is -2.25. The normalized spacial score (nSPS) is 12.2. The van der Waals surface area contributed by atoms with E-state index in [0.29, 0.717) is 34.6 Å². The number of ether oxygens (including phenoxy) is 1. The molecule has 1 aromatic carbocycles. The summed E-state index contributed by atoms with van der Waals surface area (Å²) in [5, 5.41) is 0. The van der Waals surface area contributed by atoms with Crippen LogP contribution in [0.1, 0.15) is 20.3 Å². The minimum absolute atomic E-state index is 0.0126. The van der Waals surface area contributed by atoms with Crippen LogP contribution in [-0.4, -0.2) is 23.3 Å². The average molecular weight is 344 g/mol. The highest BCUT2D eigenvalue weighted by Gasteiger charge is 2.22. The molecule has 0 unspecified atom stereocenters. The summed E-state index contributed by atoms with van der Waals surface area (Å²) < 4.78 is 21.1. The molecule has 0 saturated heterocycles. The molecule has 0 amide bonds. The Kier molecular flexibility index (Phi) is 4.34. The van der Waals surface area contributed by atoms with Gasteiger partial charge < -0.3 is 15.0 Å². The highest BCUT2D eigenvalue weighted by atomic mass is 79.9. The number of nitrogens with zero attached hydrogens (tertiary/aromatic N) is 2. The molecule has 0 spiro atoms. The summed E-state index contributed by atoms with van der Waals surface area (Å²) >= 11 is 3.16. The molecule has 2 N–H and O–H groups in total. The van der Waals surface area contributed by atoms with Crippen LogP contribution >= 0.6 is 15.9 Å². The first-order chi connectivity index (χ1) is 9.34. The number of rotatable bonds is 5. The van der Waals surface area contributed by atoms with E-state index >= 15 is 0 Å². The zero-order chi connectivity index (χ0) is 14.9. The minimum atomic E-state index is -0.312. The van der Waals surface area contributed by atoms with Gasteiger partial charge in [0.1, 0.15) is 5.82 Å². The second kappa shape index (κ2) is 5.69. The third kappa shape index (κ3) is 3.12. The smallest absolute Gasteiger partial charge is 0.201 e. The number of anilines is 1. The predicted octanol–water partition coefficient (Wildman–Crippen LogP) is 3.58.